The maximum Gasteiger partial charge on any atom is 0.0463 e. The van der Waals surface area contributed by atoms with Gasteiger partial charge in [-0.2, -0.15) is 0 Å². The molecule has 1 N–H and O–H groups in total. The van der Waals surface area contributed by atoms with Crippen LogP contribution in [0.4, 0.5) is 11.4 Å². The zero-order chi connectivity index (χ0) is 17.2. The number of rotatable bonds is 3. The van der Waals surface area contributed by atoms with Gasteiger partial charge in [-0.25, -0.2) is 0 Å². The van der Waals surface area contributed by atoms with Crippen LogP contribution in [0.1, 0.15) is 0 Å². The van der Waals surface area contributed by atoms with E-state index in [1.54, 1.807) is 0 Å². The number of para-hydroxylation sites is 2. The highest BCUT2D eigenvalue weighted by molar-refractivity contribution is 5.80. The van der Waals surface area contributed by atoms with E-state index in [0.717, 1.165) is 11.4 Å². The van der Waals surface area contributed by atoms with Gasteiger partial charge in [0.1, 0.15) is 0 Å². The van der Waals surface area contributed by atoms with E-state index in [1.807, 2.05) is 60.7 Å². The molecule has 0 atom stereocenters. The number of nitrogens with one attached hydrogen (secondary N) is 1. The zero-order valence-electron chi connectivity index (χ0n) is 14.0. The summed E-state index contributed by atoms with van der Waals surface area (Å²) in [6, 6.07) is 41.0. The fourth-order valence-electron chi connectivity index (χ4n) is 2.52. The molecule has 0 aliphatic carbocycles. The van der Waals surface area contributed by atoms with E-state index in [2.05, 4.69) is 66.0 Å². The van der Waals surface area contributed by atoms with Gasteiger partial charge in [0.15, 0.2) is 0 Å². The molecule has 1 nitrogen and oxygen atoms in total. The third-order valence-electron chi connectivity index (χ3n) is 3.73. The summed E-state index contributed by atoms with van der Waals surface area (Å²) >= 11 is 0. The van der Waals surface area contributed by atoms with Crippen LogP contribution in [0.2, 0.25) is 0 Å². The molecule has 1 heteroatoms. The van der Waals surface area contributed by atoms with Crippen molar-refractivity contribution in [3.8, 4) is 11.1 Å². The summed E-state index contributed by atoms with van der Waals surface area (Å²) in [5.41, 5.74) is 4.67. The van der Waals surface area contributed by atoms with Crippen LogP contribution in [-0.4, -0.2) is 0 Å². The van der Waals surface area contributed by atoms with Crippen LogP contribution < -0.4 is 5.32 Å². The minimum absolute atomic E-state index is 1.10. The van der Waals surface area contributed by atoms with Gasteiger partial charge in [-0.3, -0.25) is 0 Å². The Balaban J connectivity index is 0.000000258. The van der Waals surface area contributed by atoms with Crippen molar-refractivity contribution in [1.82, 2.24) is 0 Å². The quantitative estimate of drug-likeness (QED) is 0.438. The van der Waals surface area contributed by atoms with Crippen LogP contribution in [0.25, 0.3) is 11.1 Å². The van der Waals surface area contributed by atoms with E-state index in [-0.39, 0.29) is 0 Å². The minimum atomic E-state index is 1.10. The van der Waals surface area contributed by atoms with Gasteiger partial charge in [-0.05, 0) is 23.8 Å². The topological polar surface area (TPSA) is 12.0 Å². The van der Waals surface area contributed by atoms with Crippen LogP contribution in [0.15, 0.2) is 121 Å². The molecule has 0 heterocycles. The zero-order valence-corrected chi connectivity index (χ0v) is 14.0. The Hall–Kier alpha value is -3.32. The highest BCUT2D eigenvalue weighted by Gasteiger charge is 2.03. The van der Waals surface area contributed by atoms with Crippen molar-refractivity contribution in [1.29, 1.82) is 0 Å². The van der Waals surface area contributed by atoms with Gasteiger partial charge in [0.05, 0.1) is 0 Å². The predicted octanol–water partition coefficient (Wildman–Crippen LogP) is 6.78. The summed E-state index contributed by atoms with van der Waals surface area (Å²) in [6.07, 6.45) is 0. The van der Waals surface area contributed by atoms with Crippen molar-refractivity contribution in [3.05, 3.63) is 121 Å². The third kappa shape index (κ3) is 5.08. The highest BCUT2D eigenvalue weighted by atomic mass is 14.9. The van der Waals surface area contributed by atoms with Gasteiger partial charge in [0.2, 0.25) is 0 Å². The molecule has 0 saturated carbocycles. The van der Waals surface area contributed by atoms with Crippen LogP contribution in [0.3, 0.4) is 0 Å². The summed E-state index contributed by atoms with van der Waals surface area (Å²) < 4.78 is 0. The first kappa shape index (κ1) is 16.5. The molecule has 4 aromatic carbocycles. The van der Waals surface area contributed by atoms with Crippen LogP contribution in [0.5, 0.6) is 0 Å². The Morgan fingerprint density at radius 1 is 0.400 bits per heavy atom. The van der Waals surface area contributed by atoms with E-state index < -0.39 is 0 Å². The van der Waals surface area contributed by atoms with Crippen molar-refractivity contribution in [2.45, 2.75) is 0 Å². The highest BCUT2D eigenvalue weighted by Crippen LogP contribution is 2.29. The fourth-order valence-corrected chi connectivity index (χ4v) is 2.52. The second kappa shape index (κ2) is 9.09. The van der Waals surface area contributed by atoms with E-state index in [4.69, 9.17) is 0 Å². The van der Waals surface area contributed by atoms with Crippen molar-refractivity contribution in [2.24, 2.45) is 0 Å². The van der Waals surface area contributed by atoms with E-state index in [9.17, 15) is 0 Å². The van der Waals surface area contributed by atoms with Gasteiger partial charge in [0, 0.05) is 16.9 Å². The lowest BCUT2D eigenvalue weighted by molar-refractivity contribution is 1.53. The number of hydrogen-bond donors (Lipinski definition) is 1. The summed E-state index contributed by atoms with van der Waals surface area (Å²) in [7, 11) is 0. The molecular formula is C24H21N. The molecule has 0 fully saturated rings. The Bertz CT molecular complexity index is 829. The largest absolute Gasteiger partial charge is 0.355 e. The first-order valence-electron chi connectivity index (χ1n) is 8.40. The molecule has 25 heavy (non-hydrogen) atoms. The number of benzene rings is 4. The molecule has 4 aromatic rings. The van der Waals surface area contributed by atoms with Gasteiger partial charge in [0.25, 0.3) is 0 Å². The molecule has 0 aliphatic rings. The second-order valence-electron chi connectivity index (χ2n) is 5.56. The van der Waals surface area contributed by atoms with Crippen LogP contribution in [0, 0.1) is 0 Å². The second-order valence-corrected chi connectivity index (χ2v) is 5.56. The molecule has 0 radical (unpaired) electrons. The van der Waals surface area contributed by atoms with Crippen molar-refractivity contribution in [2.75, 3.05) is 5.32 Å². The first-order chi connectivity index (χ1) is 12.4. The summed E-state index contributed by atoms with van der Waals surface area (Å²) in [5.74, 6) is 0. The lowest BCUT2D eigenvalue weighted by atomic mass is 10.0. The summed E-state index contributed by atoms with van der Waals surface area (Å²) in [4.78, 5) is 0. The molecule has 122 valence electrons. The Labute approximate surface area is 149 Å². The van der Waals surface area contributed by atoms with E-state index >= 15 is 0 Å². The molecule has 0 bridgehead atoms. The molecule has 0 spiro atoms. The van der Waals surface area contributed by atoms with Gasteiger partial charge >= 0.3 is 0 Å². The first-order valence-corrected chi connectivity index (χ1v) is 8.40. The average Bonchev–Trinajstić information content (AvgIpc) is 2.72. The van der Waals surface area contributed by atoms with Gasteiger partial charge in [-0.15, -0.1) is 0 Å². The van der Waals surface area contributed by atoms with Crippen LogP contribution in [-0.2, 0) is 0 Å². The van der Waals surface area contributed by atoms with E-state index in [0.29, 0.717) is 0 Å². The lowest BCUT2D eigenvalue weighted by Gasteiger charge is -2.12. The smallest absolute Gasteiger partial charge is 0.0463 e. The fraction of sp³-hybridized carbons (Fsp3) is 0. The molecular weight excluding hydrogens is 302 g/mol. The summed E-state index contributed by atoms with van der Waals surface area (Å²) in [6.45, 7) is 0. The molecule has 0 aliphatic heterocycles. The Kier molecular flexibility index (Phi) is 6.01. The maximum atomic E-state index is 3.47. The lowest BCUT2D eigenvalue weighted by Crippen LogP contribution is -1.92. The average molecular weight is 323 g/mol. The third-order valence-corrected chi connectivity index (χ3v) is 3.73. The molecule has 0 amide bonds. The Morgan fingerprint density at radius 3 is 1.44 bits per heavy atom. The minimum Gasteiger partial charge on any atom is -0.355 e. The normalized spacial score (nSPS) is 9.60. The number of anilines is 2. The molecule has 4 rings (SSSR count). The predicted molar refractivity (Wildman–Crippen MR) is 108 cm³/mol. The van der Waals surface area contributed by atoms with Gasteiger partial charge in [-0.1, -0.05) is 103 Å². The SMILES string of the molecule is c1ccc(Nc2ccccc2-c2ccccc2)cc1.c1ccccc1. The molecule has 0 saturated heterocycles. The molecule has 0 unspecified atom stereocenters. The number of hydrogen-bond acceptors (Lipinski definition) is 1. The van der Waals surface area contributed by atoms with Crippen molar-refractivity contribution in [3.63, 3.8) is 0 Å². The van der Waals surface area contributed by atoms with Gasteiger partial charge < -0.3 is 5.32 Å². The maximum absolute atomic E-state index is 3.47. The van der Waals surface area contributed by atoms with Crippen LogP contribution >= 0.6 is 0 Å². The van der Waals surface area contributed by atoms with E-state index in [1.165, 1.54) is 11.1 Å². The van der Waals surface area contributed by atoms with Crippen molar-refractivity contribution >= 4 is 11.4 Å². The standard InChI is InChI=1S/C18H15N.C6H6/c1-3-9-15(10-4-1)17-13-7-8-14-18(17)19-16-11-5-2-6-12-16;1-2-4-6-5-3-1/h1-14,19H;1-6H. The summed E-state index contributed by atoms with van der Waals surface area (Å²) in [5, 5.41) is 3.47. The molecule has 0 aromatic heterocycles. The monoisotopic (exact) mass is 323 g/mol. The Morgan fingerprint density at radius 2 is 0.840 bits per heavy atom. The van der Waals surface area contributed by atoms with Crippen molar-refractivity contribution < 1.29 is 0 Å².